The van der Waals surface area contributed by atoms with Crippen molar-refractivity contribution >= 4 is 11.6 Å². The van der Waals surface area contributed by atoms with Gasteiger partial charge in [0.05, 0.1) is 17.7 Å². The van der Waals surface area contributed by atoms with E-state index in [2.05, 4.69) is 12.2 Å². The summed E-state index contributed by atoms with van der Waals surface area (Å²) in [5, 5.41) is 11.4. The number of carbonyl (C=O) groups is 1. The first-order valence-electron chi connectivity index (χ1n) is 5.74. The number of carbonyl (C=O) groups excluding carboxylic acids is 1. The monoisotopic (exact) mass is 231 g/mol. The summed E-state index contributed by atoms with van der Waals surface area (Å²) in [4.78, 5) is 11.7. The van der Waals surface area contributed by atoms with Crippen LogP contribution in [0.4, 0.5) is 5.69 Å². The summed E-state index contributed by atoms with van der Waals surface area (Å²) in [5.41, 5.74) is 6.98. The number of rotatable bonds is 5. The maximum Gasteiger partial charge on any atom is 0.241 e. The van der Waals surface area contributed by atoms with Crippen molar-refractivity contribution in [3.8, 4) is 6.07 Å². The van der Waals surface area contributed by atoms with Crippen LogP contribution in [-0.4, -0.2) is 11.9 Å². The molecule has 1 aromatic carbocycles. The van der Waals surface area contributed by atoms with Crippen molar-refractivity contribution in [1.82, 2.24) is 0 Å². The van der Waals surface area contributed by atoms with Crippen molar-refractivity contribution < 1.29 is 4.79 Å². The molecule has 0 bridgehead atoms. The van der Waals surface area contributed by atoms with Crippen molar-refractivity contribution in [2.24, 2.45) is 5.73 Å². The molecular weight excluding hydrogens is 214 g/mol. The van der Waals surface area contributed by atoms with E-state index in [9.17, 15) is 4.79 Å². The molecule has 0 aromatic heterocycles. The molecule has 0 fully saturated rings. The summed E-state index contributed by atoms with van der Waals surface area (Å²) in [5.74, 6) is -0.178. The Morgan fingerprint density at radius 1 is 1.47 bits per heavy atom. The molecule has 0 aliphatic carbocycles. The highest BCUT2D eigenvalue weighted by Crippen LogP contribution is 2.09. The van der Waals surface area contributed by atoms with E-state index in [1.165, 1.54) is 0 Å². The fourth-order valence-corrected chi connectivity index (χ4v) is 1.42. The van der Waals surface area contributed by atoms with Crippen LogP contribution in [0.5, 0.6) is 0 Å². The molecular formula is C13H17N3O. The summed E-state index contributed by atoms with van der Waals surface area (Å²) < 4.78 is 0. The molecule has 1 rings (SSSR count). The van der Waals surface area contributed by atoms with Crippen molar-refractivity contribution in [2.45, 2.75) is 32.2 Å². The number of hydrogen-bond donors (Lipinski definition) is 2. The normalized spacial score (nSPS) is 11.6. The first-order valence-corrected chi connectivity index (χ1v) is 5.74. The van der Waals surface area contributed by atoms with E-state index in [0.717, 1.165) is 12.8 Å². The standard InChI is InChI=1S/C13H17N3O/c1-2-3-4-12(15)13(17)16-11-7-5-10(9-14)6-8-11/h5-8,12H,2-4,15H2,1H3,(H,16,17)/t12-/m0/s1. The van der Waals surface area contributed by atoms with Crippen LogP contribution in [0.25, 0.3) is 0 Å². The molecule has 0 heterocycles. The highest BCUT2D eigenvalue weighted by atomic mass is 16.2. The minimum Gasteiger partial charge on any atom is -0.325 e. The van der Waals surface area contributed by atoms with Gasteiger partial charge in [-0.25, -0.2) is 0 Å². The Hall–Kier alpha value is -1.86. The van der Waals surface area contributed by atoms with E-state index >= 15 is 0 Å². The molecule has 0 aliphatic heterocycles. The largest absolute Gasteiger partial charge is 0.325 e. The molecule has 0 aliphatic rings. The number of nitrogens with one attached hydrogen (secondary N) is 1. The third kappa shape index (κ3) is 4.25. The van der Waals surface area contributed by atoms with Gasteiger partial charge in [-0.2, -0.15) is 5.26 Å². The zero-order valence-corrected chi connectivity index (χ0v) is 9.94. The van der Waals surface area contributed by atoms with Gasteiger partial charge in [0, 0.05) is 5.69 Å². The van der Waals surface area contributed by atoms with Crippen LogP contribution in [0.3, 0.4) is 0 Å². The topological polar surface area (TPSA) is 78.9 Å². The number of unbranched alkanes of at least 4 members (excludes halogenated alkanes) is 1. The van der Waals surface area contributed by atoms with Crippen molar-refractivity contribution in [2.75, 3.05) is 5.32 Å². The number of nitrogens with zero attached hydrogens (tertiary/aromatic N) is 1. The smallest absolute Gasteiger partial charge is 0.241 e. The Balaban J connectivity index is 2.52. The first kappa shape index (κ1) is 13.2. The molecule has 0 saturated carbocycles. The number of nitriles is 1. The Kier molecular flexibility index (Phi) is 5.18. The van der Waals surface area contributed by atoms with Gasteiger partial charge in [-0.05, 0) is 30.7 Å². The second-order valence-electron chi connectivity index (χ2n) is 3.93. The second-order valence-corrected chi connectivity index (χ2v) is 3.93. The van der Waals surface area contributed by atoms with Gasteiger partial charge >= 0.3 is 0 Å². The molecule has 0 saturated heterocycles. The van der Waals surface area contributed by atoms with E-state index in [0.29, 0.717) is 17.7 Å². The molecule has 0 unspecified atom stereocenters. The minimum atomic E-state index is -0.467. The molecule has 4 heteroatoms. The van der Waals surface area contributed by atoms with Gasteiger partial charge in [-0.15, -0.1) is 0 Å². The van der Waals surface area contributed by atoms with Crippen LogP contribution in [0.15, 0.2) is 24.3 Å². The molecule has 90 valence electrons. The zero-order valence-electron chi connectivity index (χ0n) is 9.94. The van der Waals surface area contributed by atoms with Crippen LogP contribution in [0, 0.1) is 11.3 Å². The molecule has 1 aromatic rings. The molecule has 1 atom stereocenters. The summed E-state index contributed by atoms with van der Waals surface area (Å²) in [6.45, 7) is 2.06. The average molecular weight is 231 g/mol. The van der Waals surface area contributed by atoms with Gasteiger partial charge in [0.2, 0.25) is 5.91 Å². The molecule has 1 amide bonds. The zero-order chi connectivity index (χ0) is 12.7. The van der Waals surface area contributed by atoms with E-state index < -0.39 is 6.04 Å². The van der Waals surface area contributed by atoms with Crippen LogP contribution in [-0.2, 0) is 4.79 Å². The predicted molar refractivity (Wildman–Crippen MR) is 67.3 cm³/mol. The molecule has 3 N–H and O–H groups in total. The third-order valence-corrected chi connectivity index (χ3v) is 2.49. The van der Waals surface area contributed by atoms with Gasteiger partial charge < -0.3 is 11.1 Å². The number of hydrogen-bond acceptors (Lipinski definition) is 3. The lowest BCUT2D eigenvalue weighted by atomic mass is 10.1. The molecule has 0 radical (unpaired) electrons. The lowest BCUT2D eigenvalue weighted by Crippen LogP contribution is -2.35. The van der Waals surface area contributed by atoms with Crippen LogP contribution >= 0.6 is 0 Å². The highest BCUT2D eigenvalue weighted by Gasteiger charge is 2.12. The second kappa shape index (κ2) is 6.66. The van der Waals surface area contributed by atoms with Gasteiger partial charge in [-0.3, -0.25) is 4.79 Å². The summed E-state index contributed by atoms with van der Waals surface area (Å²) >= 11 is 0. The van der Waals surface area contributed by atoms with E-state index in [1.54, 1.807) is 24.3 Å². The minimum absolute atomic E-state index is 0.178. The lowest BCUT2D eigenvalue weighted by Gasteiger charge is -2.11. The molecule has 0 spiro atoms. The van der Waals surface area contributed by atoms with Crippen LogP contribution < -0.4 is 11.1 Å². The Morgan fingerprint density at radius 3 is 2.65 bits per heavy atom. The summed E-state index contributed by atoms with van der Waals surface area (Å²) in [6.07, 6.45) is 2.67. The van der Waals surface area contributed by atoms with Crippen molar-refractivity contribution in [1.29, 1.82) is 5.26 Å². The van der Waals surface area contributed by atoms with Gasteiger partial charge in [-0.1, -0.05) is 19.8 Å². The van der Waals surface area contributed by atoms with Crippen molar-refractivity contribution in [3.05, 3.63) is 29.8 Å². The van der Waals surface area contributed by atoms with E-state index in [1.807, 2.05) is 6.07 Å². The van der Waals surface area contributed by atoms with E-state index in [-0.39, 0.29) is 5.91 Å². The molecule has 4 nitrogen and oxygen atoms in total. The number of nitrogens with two attached hydrogens (primary N) is 1. The summed E-state index contributed by atoms with van der Waals surface area (Å²) in [7, 11) is 0. The Bertz CT molecular complexity index is 406. The predicted octanol–water partition coefficient (Wildman–Crippen LogP) is 2.01. The number of anilines is 1. The third-order valence-electron chi connectivity index (χ3n) is 2.49. The van der Waals surface area contributed by atoms with Gasteiger partial charge in [0.25, 0.3) is 0 Å². The molecule has 17 heavy (non-hydrogen) atoms. The maximum absolute atomic E-state index is 11.7. The highest BCUT2D eigenvalue weighted by molar-refractivity contribution is 5.94. The maximum atomic E-state index is 11.7. The SMILES string of the molecule is CCCC[C@H](N)C(=O)Nc1ccc(C#N)cc1. The Morgan fingerprint density at radius 2 is 2.12 bits per heavy atom. The first-order chi connectivity index (χ1) is 8.17. The number of benzene rings is 1. The lowest BCUT2D eigenvalue weighted by molar-refractivity contribution is -0.117. The number of amides is 1. The van der Waals surface area contributed by atoms with E-state index in [4.69, 9.17) is 11.0 Å². The average Bonchev–Trinajstić information content (AvgIpc) is 2.36. The van der Waals surface area contributed by atoms with Crippen LogP contribution in [0.2, 0.25) is 0 Å². The fraction of sp³-hybridized carbons (Fsp3) is 0.385. The summed E-state index contributed by atoms with van der Waals surface area (Å²) in [6, 6.07) is 8.27. The Labute approximate surface area is 101 Å². The fourth-order valence-electron chi connectivity index (χ4n) is 1.42. The van der Waals surface area contributed by atoms with Gasteiger partial charge in [0.1, 0.15) is 0 Å². The van der Waals surface area contributed by atoms with Gasteiger partial charge in [0.15, 0.2) is 0 Å². The van der Waals surface area contributed by atoms with Crippen LogP contribution in [0.1, 0.15) is 31.7 Å². The quantitative estimate of drug-likeness (QED) is 0.813. The van der Waals surface area contributed by atoms with Crippen molar-refractivity contribution in [3.63, 3.8) is 0 Å².